The number of ether oxygens (including phenoxy) is 2. The van der Waals surface area contributed by atoms with Gasteiger partial charge in [0.1, 0.15) is 0 Å². The molecular weight excluding hydrogens is 280 g/mol. The molecule has 118 valence electrons. The number of esters is 2. The van der Waals surface area contributed by atoms with E-state index in [1.165, 1.54) is 13.8 Å². The smallest absolute Gasteiger partial charge is 0.308 e. The zero-order chi connectivity index (χ0) is 15.9. The van der Waals surface area contributed by atoms with Gasteiger partial charge in [-0.1, -0.05) is 0 Å². The standard InChI is InChI=1S/C18H22O4/c1-13(19)21-17(15-7-3-4-8-15)11-12-18(22-14(2)20)16-9-5-6-10-16/h3-10H2,1-2H3. The van der Waals surface area contributed by atoms with Crippen molar-refractivity contribution in [2.75, 3.05) is 0 Å². The number of carbonyl (C=O) groups excluding carboxylic acids is 2. The third kappa shape index (κ3) is 4.77. The molecule has 0 aromatic rings. The summed E-state index contributed by atoms with van der Waals surface area (Å²) in [5.74, 6) is 5.99. The third-order valence-electron chi connectivity index (χ3n) is 3.84. The minimum atomic E-state index is -0.369. The van der Waals surface area contributed by atoms with Gasteiger partial charge >= 0.3 is 11.9 Å². The molecule has 0 aromatic heterocycles. The van der Waals surface area contributed by atoms with E-state index in [1.807, 2.05) is 0 Å². The summed E-state index contributed by atoms with van der Waals surface area (Å²) in [5, 5.41) is 0. The molecule has 2 rings (SSSR count). The van der Waals surface area contributed by atoms with Crippen LogP contribution in [0.15, 0.2) is 22.7 Å². The molecule has 0 heterocycles. The van der Waals surface area contributed by atoms with E-state index < -0.39 is 0 Å². The number of rotatable bonds is 2. The summed E-state index contributed by atoms with van der Waals surface area (Å²) in [6, 6.07) is 0. The highest BCUT2D eigenvalue weighted by atomic mass is 16.5. The first kappa shape index (κ1) is 16.4. The van der Waals surface area contributed by atoms with Gasteiger partial charge in [0.15, 0.2) is 11.5 Å². The van der Waals surface area contributed by atoms with Crippen LogP contribution in [-0.4, -0.2) is 11.9 Å². The van der Waals surface area contributed by atoms with Crippen molar-refractivity contribution in [3.8, 4) is 11.8 Å². The van der Waals surface area contributed by atoms with Crippen LogP contribution in [0, 0.1) is 11.8 Å². The summed E-state index contributed by atoms with van der Waals surface area (Å²) >= 11 is 0. The molecule has 2 saturated carbocycles. The molecule has 0 saturated heterocycles. The Morgan fingerprint density at radius 2 is 1.05 bits per heavy atom. The summed E-state index contributed by atoms with van der Waals surface area (Å²) in [6.07, 6.45) is 8.04. The van der Waals surface area contributed by atoms with Crippen molar-refractivity contribution in [2.24, 2.45) is 0 Å². The lowest BCUT2D eigenvalue weighted by molar-refractivity contribution is -0.137. The normalized spacial score (nSPS) is 16.8. The van der Waals surface area contributed by atoms with Gasteiger partial charge in [0.05, 0.1) is 0 Å². The highest BCUT2D eigenvalue weighted by molar-refractivity contribution is 5.69. The van der Waals surface area contributed by atoms with E-state index in [4.69, 9.17) is 9.47 Å². The molecule has 0 radical (unpaired) electrons. The average molecular weight is 302 g/mol. The number of hydrogen-bond acceptors (Lipinski definition) is 4. The number of carbonyl (C=O) groups is 2. The fourth-order valence-corrected chi connectivity index (χ4v) is 2.83. The summed E-state index contributed by atoms with van der Waals surface area (Å²) in [5.41, 5.74) is 2.17. The Labute approximate surface area is 131 Å². The zero-order valence-corrected chi connectivity index (χ0v) is 13.3. The molecule has 22 heavy (non-hydrogen) atoms. The lowest BCUT2D eigenvalue weighted by Gasteiger charge is -2.06. The second-order valence-corrected chi connectivity index (χ2v) is 5.72. The highest BCUT2D eigenvalue weighted by Gasteiger charge is 2.16. The zero-order valence-electron chi connectivity index (χ0n) is 13.3. The molecule has 0 N–H and O–H groups in total. The summed E-state index contributed by atoms with van der Waals surface area (Å²) in [6.45, 7) is 2.75. The van der Waals surface area contributed by atoms with Crippen molar-refractivity contribution in [3.63, 3.8) is 0 Å². The maximum Gasteiger partial charge on any atom is 0.308 e. The van der Waals surface area contributed by atoms with E-state index in [0.717, 1.165) is 62.5 Å². The van der Waals surface area contributed by atoms with Crippen LogP contribution in [0.1, 0.15) is 65.2 Å². The molecule has 2 aliphatic carbocycles. The lowest BCUT2D eigenvalue weighted by atomic mass is 10.1. The molecule has 0 amide bonds. The molecule has 2 aliphatic rings. The van der Waals surface area contributed by atoms with E-state index in [0.29, 0.717) is 11.5 Å². The van der Waals surface area contributed by atoms with E-state index in [1.54, 1.807) is 0 Å². The number of allylic oxidation sites excluding steroid dienone is 4. The molecule has 0 spiro atoms. The Hall–Kier alpha value is -2.02. The van der Waals surface area contributed by atoms with Gasteiger partial charge < -0.3 is 9.47 Å². The molecule has 0 atom stereocenters. The molecular formula is C18H22O4. The van der Waals surface area contributed by atoms with Crippen molar-refractivity contribution in [1.29, 1.82) is 0 Å². The van der Waals surface area contributed by atoms with E-state index >= 15 is 0 Å². The minimum absolute atomic E-state index is 0.369. The van der Waals surface area contributed by atoms with Gasteiger partial charge in [-0.25, -0.2) is 0 Å². The molecule has 4 nitrogen and oxygen atoms in total. The Kier molecular flexibility index (Phi) is 5.83. The third-order valence-corrected chi connectivity index (χ3v) is 3.84. The maximum atomic E-state index is 11.3. The van der Waals surface area contributed by atoms with Gasteiger partial charge in [-0.15, -0.1) is 0 Å². The summed E-state index contributed by atoms with van der Waals surface area (Å²) < 4.78 is 10.5. The van der Waals surface area contributed by atoms with E-state index in [-0.39, 0.29) is 11.9 Å². The van der Waals surface area contributed by atoms with Gasteiger partial charge in [0, 0.05) is 13.8 Å². The second-order valence-electron chi connectivity index (χ2n) is 5.72. The highest BCUT2D eigenvalue weighted by Crippen LogP contribution is 2.29. The van der Waals surface area contributed by atoms with Crippen molar-refractivity contribution in [3.05, 3.63) is 22.7 Å². The van der Waals surface area contributed by atoms with Gasteiger partial charge in [0.25, 0.3) is 0 Å². The monoisotopic (exact) mass is 302 g/mol. The largest absolute Gasteiger partial charge is 0.417 e. The fourth-order valence-electron chi connectivity index (χ4n) is 2.83. The Balaban J connectivity index is 2.28. The van der Waals surface area contributed by atoms with Gasteiger partial charge in [-0.05, 0) is 74.4 Å². The molecule has 2 fully saturated rings. The first-order valence-corrected chi connectivity index (χ1v) is 7.89. The average Bonchev–Trinajstić information content (AvgIpc) is 3.12. The summed E-state index contributed by atoms with van der Waals surface area (Å²) in [4.78, 5) is 22.5. The summed E-state index contributed by atoms with van der Waals surface area (Å²) in [7, 11) is 0. The van der Waals surface area contributed by atoms with Crippen LogP contribution in [0.25, 0.3) is 0 Å². The molecule has 0 aromatic carbocycles. The minimum Gasteiger partial charge on any atom is -0.417 e. The van der Waals surface area contributed by atoms with Crippen LogP contribution in [0.3, 0.4) is 0 Å². The SMILES string of the molecule is CC(=O)OC(C#CC(OC(C)=O)=C1CCCC1)=C1CCCC1. The number of hydrogen-bond donors (Lipinski definition) is 0. The van der Waals surface area contributed by atoms with Crippen LogP contribution in [0.2, 0.25) is 0 Å². The van der Waals surface area contributed by atoms with Crippen molar-refractivity contribution in [2.45, 2.75) is 65.2 Å². The Bertz CT molecular complexity index is 518. The van der Waals surface area contributed by atoms with E-state index in [9.17, 15) is 9.59 Å². The van der Waals surface area contributed by atoms with Gasteiger partial charge in [0.2, 0.25) is 0 Å². The predicted octanol–water partition coefficient (Wildman–Crippen LogP) is 3.77. The van der Waals surface area contributed by atoms with Gasteiger partial charge in [-0.3, -0.25) is 9.59 Å². The molecule has 0 aliphatic heterocycles. The van der Waals surface area contributed by atoms with Crippen LogP contribution in [-0.2, 0) is 19.1 Å². The second kappa shape index (κ2) is 7.84. The quantitative estimate of drug-likeness (QED) is 0.442. The van der Waals surface area contributed by atoms with Crippen molar-refractivity contribution in [1.82, 2.24) is 0 Å². The van der Waals surface area contributed by atoms with Crippen molar-refractivity contribution >= 4 is 11.9 Å². The van der Waals surface area contributed by atoms with E-state index in [2.05, 4.69) is 11.8 Å². The Morgan fingerprint density at radius 1 is 0.727 bits per heavy atom. The van der Waals surface area contributed by atoms with Crippen molar-refractivity contribution < 1.29 is 19.1 Å². The first-order valence-electron chi connectivity index (χ1n) is 7.89. The first-order chi connectivity index (χ1) is 10.6. The molecule has 0 bridgehead atoms. The van der Waals surface area contributed by atoms with Gasteiger partial charge in [-0.2, -0.15) is 0 Å². The van der Waals surface area contributed by atoms with Crippen LogP contribution in [0.4, 0.5) is 0 Å². The fraction of sp³-hybridized carbons (Fsp3) is 0.556. The van der Waals surface area contributed by atoms with Crippen LogP contribution >= 0.6 is 0 Å². The maximum absolute atomic E-state index is 11.3. The predicted molar refractivity (Wildman–Crippen MR) is 82.3 cm³/mol. The Morgan fingerprint density at radius 3 is 1.32 bits per heavy atom. The van der Waals surface area contributed by atoms with Crippen LogP contribution < -0.4 is 0 Å². The molecule has 4 heteroatoms. The lowest BCUT2D eigenvalue weighted by Crippen LogP contribution is -2.02. The molecule has 0 unspecified atom stereocenters. The topological polar surface area (TPSA) is 52.6 Å². The van der Waals surface area contributed by atoms with Crippen LogP contribution in [0.5, 0.6) is 0 Å².